The summed E-state index contributed by atoms with van der Waals surface area (Å²) in [5, 5.41) is 0. The van der Waals surface area contributed by atoms with E-state index in [9.17, 15) is 4.79 Å². The average molecular weight is 384 g/mol. The molecule has 5 heteroatoms. The van der Waals surface area contributed by atoms with Gasteiger partial charge in [-0.25, -0.2) is 9.79 Å². The Bertz CT molecular complexity index is 868. The van der Waals surface area contributed by atoms with Crippen molar-refractivity contribution in [3.05, 3.63) is 82.0 Å². The van der Waals surface area contributed by atoms with Crippen molar-refractivity contribution < 1.29 is 14.3 Å². The quantitative estimate of drug-likeness (QED) is 0.582. The third-order valence-corrected chi connectivity index (χ3v) is 3.85. The zero-order chi connectivity index (χ0) is 16.9. The number of methoxy groups -OCH3 is 1. The minimum Gasteiger partial charge on any atom is -0.496 e. The normalized spacial score (nSPS) is 15.7. The maximum atomic E-state index is 11.9. The molecule has 2 aromatic carbocycles. The Morgan fingerprint density at radius 1 is 1.17 bits per heavy atom. The molecule has 0 unspecified atom stereocenters. The zero-order valence-electron chi connectivity index (χ0n) is 12.9. The first kappa shape index (κ1) is 16.2. The largest absolute Gasteiger partial charge is 0.496 e. The monoisotopic (exact) mass is 383 g/mol. The third kappa shape index (κ3) is 3.63. The molecule has 0 saturated heterocycles. The summed E-state index contributed by atoms with van der Waals surface area (Å²) < 4.78 is 11.4. The van der Waals surface area contributed by atoms with Gasteiger partial charge in [-0.1, -0.05) is 52.3 Å². The van der Waals surface area contributed by atoms with Gasteiger partial charge in [-0.2, -0.15) is 0 Å². The molecule has 0 saturated carbocycles. The van der Waals surface area contributed by atoms with Gasteiger partial charge in [0.2, 0.25) is 5.90 Å². The average Bonchev–Trinajstić information content (AvgIpc) is 2.96. The molecule has 4 nitrogen and oxygen atoms in total. The molecule has 120 valence electrons. The summed E-state index contributed by atoms with van der Waals surface area (Å²) in [5.74, 6) is 0.604. The Kier molecular flexibility index (Phi) is 4.91. The smallest absolute Gasteiger partial charge is 0.363 e. The highest BCUT2D eigenvalue weighted by Crippen LogP contribution is 2.21. The Hall–Kier alpha value is -2.66. The molecule has 0 amide bonds. The van der Waals surface area contributed by atoms with E-state index in [-0.39, 0.29) is 5.70 Å². The number of benzene rings is 2. The van der Waals surface area contributed by atoms with E-state index in [2.05, 4.69) is 20.9 Å². The van der Waals surface area contributed by atoms with Crippen LogP contribution >= 0.6 is 15.9 Å². The first-order valence-corrected chi connectivity index (χ1v) is 8.05. The van der Waals surface area contributed by atoms with Gasteiger partial charge in [0.25, 0.3) is 0 Å². The minimum atomic E-state index is -0.463. The van der Waals surface area contributed by atoms with Gasteiger partial charge in [-0.3, -0.25) is 0 Å². The van der Waals surface area contributed by atoms with Gasteiger partial charge in [0.05, 0.1) is 7.11 Å². The molecule has 2 aromatic rings. The van der Waals surface area contributed by atoms with E-state index in [1.165, 1.54) is 0 Å². The second-order valence-corrected chi connectivity index (χ2v) is 5.89. The van der Waals surface area contributed by atoms with Crippen LogP contribution in [0.4, 0.5) is 0 Å². The van der Waals surface area contributed by atoms with Crippen molar-refractivity contribution in [1.82, 2.24) is 0 Å². The number of hydrogen-bond acceptors (Lipinski definition) is 4. The summed E-state index contributed by atoms with van der Waals surface area (Å²) in [4.78, 5) is 16.2. The van der Waals surface area contributed by atoms with Crippen molar-refractivity contribution in [3.8, 4) is 5.75 Å². The van der Waals surface area contributed by atoms with E-state index in [1.54, 1.807) is 19.3 Å². The molecule has 1 aliphatic rings. The van der Waals surface area contributed by atoms with Crippen molar-refractivity contribution in [2.45, 2.75) is 0 Å². The topological polar surface area (TPSA) is 47.9 Å². The third-order valence-electron chi connectivity index (χ3n) is 3.36. The van der Waals surface area contributed by atoms with E-state index in [4.69, 9.17) is 9.47 Å². The van der Waals surface area contributed by atoms with Crippen LogP contribution in [0.3, 0.4) is 0 Å². The van der Waals surface area contributed by atoms with Gasteiger partial charge in [-0.15, -0.1) is 0 Å². The molecule has 24 heavy (non-hydrogen) atoms. The molecule has 0 spiro atoms. The molecule has 0 fully saturated rings. The van der Waals surface area contributed by atoms with E-state index in [1.807, 2.05) is 54.6 Å². The predicted molar refractivity (Wildman–Crippen MR) is 96.9 cm³/mol. The first-order valence-electron chi connectivity index (χ1n) is 7.25. The summed E-state index contributed by atoms with van der Waals surface area (Å²) in [7, 11) is 1.62. The van der Waals surface area contributed by atoms with Crippen LogP contribution < -0.4 is 4.74 Å². The van der Waals surface area contributed by atoms with Crippen LogP contribution in [0.15, 0.2) is 75.8 Å². The maximum Gasteiger partial charge on any atom is 0.363 e. The number of nitrogens with zero attached hydrogens (tertiary/aromatic N) is 1. The van der Waals surface area contributed by atoms with Crippen molar-refractivity contribution in [2.75, 3.05) is 7.11 Å². The second-order valence-electron chi connectivity index (χ2n) is 4.97. The van der Waals surface area contributed by atoms with Crippen LogP contribution in [0, 0.1) is 0 Å². The van der Waals surface area contributed by atoms with Crippen molar-refractivity contribution in [2.24, 2.45) is 4.99 Å². The van der Waals surface area contributed by atoms with Crippen LogP contribution in [0.5, 0.6) is 5.75 Å². The van der Waals surface area contributed by atoms with E-state index < -0.39 is 5.97 Å². The fourth-order valence-corrected chi connectivity index (χ4v) is 2.61. The first-order chi connectivity index (χ1) is 11.7. The van der Waals surface area contributed by atoms with Crippen LogP contribution in [0.1, 0.15) is 11.1 Å². The number of halogens is 1. The standard InChI is InChI=1S/C19H14BrNO3/c1-23-17-11-3-2-6-13(17)7-5-10-16-19(22)24-18(21-16)14-8-4-9-15(20)12-14/h2-12H,1H3/b7-5+,16-10+. The highest BCUT2D eigenvalue weighted by Gasteiger charge is 2.23. The lowest BCUT2D eigenvalue weighted by Gasteiger charge is -2.02. The fraction of sp³-hybridized carbons (Fsp3) is 0.0526. The predicted octanol–water partition coefficient (Wildman–Crippen LogP) is 4.36. The minimum absolute atomic E-state index is 0.260. The zero-order valence-corrected chi connectivity index (χ0v) is 14.5. The van der Waals surface area contributed by atoms with Crippen molar-refractivity contribution in [3.63, 3.8) is 0 Å². The number of ether oxygens (including phenoxy) is 2. The lowest BCUT2D eigenvalue weighted by Crippen LogP contribution is -2.05. The second kappa shape index (κ2) is 7.27. The van der Waals surface area contributed by atoms with Gasteiger partial charge >= 0.3 is 5.97 Å². The number of carbonyl (C=O) groups is 1. The van der Waals surface area contributed by atoms with Crippen molar-refractivity contribution in [1.29, 1.82) is 0 Å². The van der Waals surface area contributed by atoms with Crippen LogP contribution in [-0.4, -0.2) is 19.0 Å². The van der Waals surface area contributed by atoms with Crippen LogP contribution in [0.2, 0.25) is 0 Å². The van der Waals surface area contributed by atoms with Gasteiger partial charge < -0.3 is 9.47 Å². The lowest BCUT2D eigenvalue weighted by atomic mass is 10.2. The van der Waals surface area contributed by atoms with Gasteiger partial charge in [0.15, 0.2) is 5.70 Å². The molecular formula is C19H14BrNO3. The number of para-hydroxylation sites is 1. The highest BCUT2D eigenvalue weighted by molar-refractivity contribution is 9.10. The number of hydrogen-bond donors (Lipinski definition) is 0. The van der Waals surface area contributed by atoms with Crippen LogP contribution in [0.25, 0.3) is 6.08 Å². The summed E-state index contributed by atoms with van der Waals surface area (Å²) >= 11 is 3.39. The molecule has 1 heterocycles. The number of esters is 1. The molecule has 0 bridgehead atoms. The number of aliphatic imine (C=N–C) groups is 1. The van der Waals surface area contributed by atoms with Gasteiger partial charge in [0.1, 0.15) is 5.75 Å². The van der Waals surface area contributed by atoms with Crippen molar-refractivity contribution >= 4 is 33.9 Å². The molecule has 0 aliphatic carbocycles. The van der Waals surface area contributed by atoms with Gasteiger partial charge in [0, 0.05) is 15.6 Å². The molecule has 0 N–H and O–H groups in total. The molecule has 0 radical (unpaired) electrons. The van der Waals surface area contributed by atoms with E-state index >= 15 is 0 Å². The number of allylic oxidation sites excluding steroid dienone is 2. The number of rotatable bonds is 4. The molecule has 1 aliphatic heterocycles. The number of cyclic esters (lactones) is 1. The van der Waals surface area contributed by atoms with E-state index in [0.29, 0.717) is 5.90 Å². The summed E-state index contributed by atoms with van der Waals surface area (Å²) in [6.45, 7) is 0. The Morgan fingerprint density at radius 3 is 2.79 bits per heavy atom. The Morgan fingerprint density at radius 2 is 2.00 bits per heavy atom. The molecule has 0 atom stereocenters. The fourth-order valence-electron chi connectivity index (χ4n) is 2.22. The Balaban J connectivity index is 1.82. The highest BCUT2D eigenvalue weighted by atomic mass is 79.9. The van der Waals surface area contributed by atoms with E-state index in [0.717, 1.165) is 21.3 Å². The molecule has 0 aromatic heterocycles. The summed E-state index contributed by atoms with van der Waals surface area (Å²) in [5.41, 5.74) is 1.92. The number of carbonyl (C=O) groups excluding carboxylic acids is 1. The van der Waals surface area contributed by atoms with Crippen LogP contribution in [-0.2, 0) is 9.53 Å². The molecule has 3 rings (SSSR count). The Labute approximate surface area is 148 Å². The lowest BCUT2D eigenvalue weighted by molar-refractivity contribution is -0.130. The summed E-state index contributed by atoms with van der Waals surface area (Å²) in [6.07, 6.45) is 5.23. The molecular weight excluding hydrogens is 370 g/mol. The van der Waals surface area contributed by atoms with Gasteiger partial charge in [-0.05, 0) is 30.3 Å². The SMILES string of the molecule is COc1ccccc1/C=C/C=C1/N=C(c2cccc(Br)c2)OC1=O. The summed E-state index contributed by atoms with van der Waals surface area (Å²) in [6, 6.07) is 15.1. The maximum absolute atomic E-state index is 11.9.